The van der Waals surface area contributed by atoms with Crippen LogP contribution in [-0.2, 0) is 0 Å². The van der Waals surface area contributed by atoms with Crippen molar-refractivity contribution in [2.24, 2.45) is 0 Å². The Hall–Kier alpha value is -1.91. The third-order valence-corrected chi connectivity index (χ3v) is 2.52. The van der Waals surface area contributed by atoms with Crippen molar-refractivity contribution >= 4 is 17.6 Å². The van der Waals surface area contributed by atoms with E-state index in [9.17, 15) is 9.18 Å². The molecule has 1 heterocycles. The van der Waals surface area contributed by atoms with E-state index in [2.05, 4.69) is 5.32 Å². The highest BCUT2D eigenvalue weighted by atomic mass is 19.1. The van der Waals surface area contributed by atoms with Gasteiger partial charge in [0.15, 0.2) is 0 Å². The van der Waals surface area contributed by atoms with Crippen LogP contribution in [0.5, 0.6) is 0 Å². The molecule has 2 amide bonds. The molecule has 1 aromatic rings. The fourth-order valence-electron chi connectivity index (χ4n) is 1.60. The van der Waals surface area contributed by atoms with Crippen LogP contribution in [0, 0.1) is 11.2 Å². The Morgan fingerprint density at radius 2 is 1.88 bits per heavy atom. The van der Waals surface area contributed by atoms with Gasteiger partial charge in [-0.2, -0.15) is 0 Å². The maximum Gasteiger partial charge on any atom is 0.328 e. The Kier molecular flexibility index (Phi) is 2.18. The molecule has 0 bridgehead atoms. The molecule has 0 unspecified atom stereocenters. The summed E-state index contributed by atoms with van der Waals surface area (Å²) in [7, 11) is 0. The van der Waals surface area contributed by atoms with Crippen LogP contribution >= 0.6 is 0 Å². The van der Waals surface area contributed by atoms with Crippen molar-refractivity contribution in [1.29, 1.82) is 5.41 Å². The minimum absolute atomic E-state index is 0.157. The number of amides is 2. The number of urea groups is 1. The molecular formula is C11H12FN3O. The van der Waals surface area contributed by atoms with Gasteiger partial charge in [0.2, 0.25) is 0 Å². The number of nitrogens with zero attached hydrogens (tertiary/aromatic N) is 1. The topological polar surface area (TPSA) is 56.2 Å². The van der Waals surface area contributed by atoms with E-state index in [4.69, 9.17) is 5.41 Å². The minimum atomic E-state index is -0.689. The Morgan fingerprint density at radius 1 is 1.31 bits per heavy atom. The Bertz CT molecular complexity index is 453. The highest BCUT2D eigenvalue weighted by Crippen LogP contribution is 2.24. The number of rotatable bonds is 1. The van der Waals surface area contributed by atoms with Crippen LogP contribution in [0.25, 0.3) is 0 Å². The van der Waals surface area contributed by atoms with Gasteiger partial charge in [-0.25, -0.2) is 14.1 Å². The molecule has 4 nitrogen and oxygen atoms in total. The SMILES string of the molecule is CC1(C)NC(=O)N(c2ccc(F)cc2)C1=N. The zero-order valence-corrected chi connectivity index (χ0v) is 9.04. The molecule has 0 aromatic heterocycles. The molecular weight excluding hydrogens is 209 g/mol. The van der Waals surface area contributed by atoms with Crippen LogP contribution in [0.15, 0.2) is 24.3 Å². The van der Waals surface area contributed by atoms with E-state index in [1.165, 1.54) is 29.2 Å². The monoisotopic (exact) mass is 221 g/mol. The van der Waals surface area contributed by atoms with Crippen molar-refractivity contribution in [2.75, 3.05) is 4.90 Å². The third kappa shape index (κ3) is 1.54. The van der Waals surface area contributed by atoms with Crippen LogP contribution in [0.4, 0.5) is 14.9 Å². The van der Waals surface area contributed by atoms with Crippen molar-refractivity contribution in [2.45, 2.75) is 19.4 Å². The van der Waals surface area contributed by atoms with Gasteiger partial charge < -0.3 is 5.32 Å². The lowest BCUT2D eigenvalue weighted by Crippen LogP contribution is -2.39. The van der Waals surface area contributed by atoms with Gasteiger partial charge in [-0.1, -0.05) is 0 Å². The number of carbonyl (C=O) groups excluding carboxylic acids is 1. The molecule has 0 spiro atoms. The molecule has 1 saturated heterocycles. The standard InChI is InChI=1S/C11H12FN3O/c1-11(2)9(13)15(10(16)14-11)8-5-3-7(12)4-6-8/h3-6,13H,1-2H3,(H,14,16). The average molecular weight is 221 g/mol. The van der Waals surface area contributed by atoms with E-state index in [1.807, 2.05) is 0 Å². The van der Waals surface area contributed by atoms with Gasteiger partial charge in [0, 0.05) is 0 Å². The van der Waals surface area contributed by atoms with Gasteiger partial charge in [0.1, 0.15) is 11.7 Å². The summed E-state index contributed by atoms with van der Waals surface area (Å²) in [6.45, 7) is 3.49. The largest absolute Gasteiger partial charge is 0.328 e. The highest BCUT2D eigenvalue weighted by molar-refractivity contribution is 6.24. The Morgan fingerprint density at radius 3 is 2.31 bits per heavy atom. The summed E-state index contributed by atoms with van der Waals surface area (Å²) in [5.41, 5.74) is -0.194. The fourth-order valence-corrected chi connectivity index (χ4v) is 1.60. The van der Waals surface area contributed by atoms with Gasteiger partial charge >= 0.3 is 6.03 Å². The molecule has 1 fully saturated rings. The lowest BCUT2D eigenvalue weighted by molar-refractivity contribution is 0.249. The lowest BCUT2D eigenvalue weighted by atomic mass is 10.1. The second-order valence-corrected chi connectivity index (χ2v) is 4.22. The number of hydrogen-bond donors (Lipinski definition) is 2. The van der Waals surface area contributed by atoms with E-state index in [-0.39, 0.29) is 17.7 Å². The van der Waals surface area contributed by atoms with Gasteiger partial charge in [-0.3, -0.25) is 5.41 Å². The van der Waals surface area contributed by atoms with Crippen LogP contribution in [0.2, 0.25) is 0 Å². The number of anilines is 1. The second-order valence-electron chi connectivity index (χ2n) is 4.22. The van der Waals surface area contributed by atoms with Gasteiger partial charge in [-0.15, -0.1) is 0 Å². The number of benzene rings is 1. The normalized spacial score (nSPS) is 18.8. The molecule has 5 heteroatoms. The highest BCUT2D eigenvalue weighted by Gasteiger charge is 2.41. The first kappa shape index (κ1) is 10.6. The summed E-state index contributed by atoms with van der Waals surface area (Å²) < 4.78 is 12.7. The quantitative estimate of drug-likeness (QED) is 0.749. The summed E-state index contributed by atoms with van der Waals surface area (Å²) in [6.07, 6.45) is 0. The van der Waals surface area contributed by atoms with Crippen molar-refractivity contribution in [1.82, 2.24) is 5.32 Å². The smallest absolute Gasteiger partial charge is 0.325 e. The van der Waals surface area contributed by atoms with Crippen molar-refractivity contribution in [3.05, 3.63) is 30.1 Å². The van der Waals surface area contributed by atoms with E-state index < -0.39 is 5.54 Å². The van der Waals surface area contributed by atoms with Crippen LogP contribution in [0.3, 0.4) is 0 Å². The lowest BCUT2D eigenvalue weighted by Gasteiger charge is -2.19. The molecule has 16 heavy (non-hydrogen) atoms. The number of nitrogens with one attached hydrogen (secondary N) is 2. The molecule has 1 aliphatic rings. The average Bonchev–Trinajstić information content (AvgIpc) is 2.39. The predicted molar refractivity (Wildman–Crippen MR) is 59.2 cm³/mol. The zero-order valence-electron chi connectivity index (χ0n) is 9.04. The van der Waals surface area contributed by atoms with E-state index >= 15 is 0 Å². The minimum Gasteiger partial charge on any atom is -0.325 e. The first-order valence-electron chi connectivity index (χ1n) is 4.89. The molecule has 1 aliphatic heterocycles. The van der Waals surface area contributed by atoms with Crippen LogP contribution in [-0.4, -0.2) is 17.4 Å². The number of hydrogen-bond acceptors (Lipinski definition) is 2. The number of carbonyl (C=O) groups is 1. The molecule has 1 aromatic carbocycles. The summed E-state index contributed by atoms with van der Waals surface area (Å²) >= 11 is 0. The Balaban J connectivity index is 2.39. The van der Waals surface area contributed by atoms with Crippen LogP contribution in [0.1, 0.15) is 13.8 Å². The molecule has 2 N–H and O–H groups in total. The summed E-state index contributed by atoms with van der Waals surface area (Å²) in [5.74, 6) is -0.210. The summed E-state index contributed by atoms with van der Waals surface area (Å²) in [6, 6.07) is 5.12. The maximum atomic E-state index is 12.7. The number of halogens is 1. The molecule has 0 radical (unpaired) electrons. The molecule has 84 valence electrons. The van der Waals surface area contributed by atoms with E-state index in [0.29, 0.717) is 5.69 Å². The van der Waals surface area contributed by atoms with E-state index in [1.54, 1.807) is 13.8 Å². The van der Waals surface area contributed by atoms with E-state index in [0.717, 1.165) is 0 Å². The molecule has 0 aliphatic carbocycles. The first-order valence-corrected chi connectivity index (χ1v) is 4.89. The third-order valence-electron chi connectivity index (χ3n) is 2.52. The summed E-state index contributed by atoms with van der Waals surface area (Å²) in [4.78, 5) is 12.9. The molecule has 0 saturated carbocycles. The van der Waals surface area contributed by atoms with Gasteiger partial charge in [0.25, 0.3) is 0 Å². The van der Waals surface area contributed by atoms with Crippen molar-refractivity contribution < 1.29 is 9.18 Å². The Labute approximate surface area is 92.6 Å². The van der Waals surface area contributed by atoms with Gasteiger partial charge in [-0.05, 0) is 38.1 Å². The maximum absolute atomic E-state index is 12.7. The first-order chi connectivity index (χ1) is 7.42. The van der Waals surface area contributed by atoms with Crippen molar-refractivity contribution in [3.63, 3.8) is 0 Å². The zero-order chi connectivity index (χ0) is 11.9. The second kappa shape index (κ2) is 3.30. The summed E-state index contributed by atoms with van der Waals surface area (Å²) in [5, 5.41) is 10.6. The number of amidine groups is 1. The fraction of sp³-hybridized carbons (Fsp3) is 0.273. The predicted octanol–water partition coefficient (Wildman–Crippen LogP) is 2.11. The van der Waals surface area contributed by atoms with Crippen LogP contribution < -0.4 is 10.2 Å². The van der Waals surface area contributed by atoms with Gasteiger partial charge in [0.05, 0.1) is 11.2 Å². The molecule has 0 atom stereocenters. The molecule has 2 rings (SSSR count). The van der Waals surface area contributed by atoms with Crippen molar-refractivity contribution in [3.8, 4) is 0 Å².